The number of hydrogen-bond donors (Lipinski definition) is 2. The summed E-state index contributed by atoms with van der Waals surface area (Å²) in [4.78, 5) is 6.12. The zero-order chi connectivity index (χ0) is 13.7. The number of hydrogen-bond acceptors (Lipinski definition) is 4. The van der Waals surface area contributed by atoms with Crippen LogP contribution in [0, 0.1) is 0 Å². The van der Waals surface area contributed by atoms with Crippen molar-refractivity contribution in [2.45, 2.75) is 24.7 Å². The summed E-state index contributed by atoms with van der Waals surface area (Å²) in [7, 11) is 0. The van der Waals surface area contributed by atoms with Crippen molar-refractivity contribution < 1.29 is 10.2 Å². The summed E-state index contributed by atoms with van der Waals surface area (Å²) in [5.74, 6) is 0. The van der Waals surface area contributed by atoms with Gasteiger partial charge in [0, 0.05) is 18.7 Å². The molecule has 0 spiro atoms. The van der Waals surface area contributed by atoms with Crippen molar-refractivity contribution in [1.29, 1.82) is 0 Å². The highest BCUT2D eigenvalue weighted by Crippen LogP contribution is 2.43. The predicted molar refractivity (Wildman–Crippen MR) is 73.4 cm³/mol. The number of aliphatic hydroxyl groups is 2. The van der Waals surface area contributed by atoms with Crippen molar-refractivity contribution >= 4 is 0 Å². The molecule has 2 unspecified atom stereocenters. The fraction of sp³-hybridized carbons (Fsp3) is 0.400. The molecular weight excluding hydrogens is 254 g/mol. The maximum atomic E-state index is 11.4. The lowest BCUT2D eigenvalue weighted by molar-refractivity contribution is -0.110. The minimum atomic E-state index is -1.19. The third-order valence-electron chi connectivity index (χ3n) is 4.39. The van der Waals surface area contributed by atoms with Crippen molar-refractivity contribution in [1.82, 2.24) is 14.5 Å². The van der Waals surface area contributed by atoms with Crippen LogP contribution in [-0.4, -0.2) is 43.9 Å². The van der Waals surface area contributed by atoms with Crippen LogP contribution in [0.3, 0.4) is 0 Å². The molecule has 0 bridgehead atoms. The second-order valence-electron chi connectivity index (χ2n) is 5.58. The summed E-state index contributed by atoms with van der Waals surface area (Å²) in [6, 6.07) is 7.83. The smallest absolute Gasteiger partial charge is 0.190 e. The highest BCUT2D eigenvalue weighted by Gasteiger charge is 2.48. The van der Waals surface area contributed by atoms with Gasteiger partial charge in [0.05, 0.1) is 30.0 Å². The molecule has 2 atom stereocenters. The molecule has 0 amide bonds. The summed E-state index contributed by atoms with van der Waals surface area (Å²) in [5.41, 5.74) is 1.40. The number of rotatable bonds is 1. The Morgan fingerprint density at radius 2 is 2.15 bits per heavy atom. The van der Waals surface area contributed by atoms with E-state index in [9.17, 15) is 10.2 Å². The Hall–Kier alpha value is -1.69. The number of para-hydroxylation sites is 1. The number of fused-ring (bicyclic) bond motifs is 3. The SMILES string of the molecule is OC1CCCN(C2(O)c3ccccc3-n3cncc32)C1. The normalized spacial score (nSPS) is 29.2. The van der Waals surface area contributed by atoms with E-state index in [2.05, 4.69) is 4.98 Å². The molecule has 0 radical (unpaired) electrons. The quantitative estimate of drug-likeness (QED) is 0.806. The van der Waals surface area contributed by atoms with Crippen molar-refractivity contribution in [2.75, 3.05) is 13.1 Å². The van der Waals surface area contributed by atoms with Crippen LogP contribution in [0.2, 0.25) is 0 Å². The average Bonchev–Trinajstić information content (AvgIpc) is 3.03. The number of aliphatic hydroxyl groups excluding tert-OH is 1. The lowest BCUT2D eigenvalue weighted by atomic mass is 9.96. The first-order valence-corrected chi connectivity index (χ1v) is 6.99. The standard InChI is InChI=1S/C15H17N3O2/c19-11-4-3-7-17(9-11)15(20)12-5-1-2-6-13(12)18-10-16-8-14(15)18/h1-2,5-6,8,10-11,19-20H,3-4,7,9H2. The van der Waals surface area contributed by atoms with Crippen molar-refractivity contribution in [3.63, 3.8) is 0 Å². The number of aromatic nitrogens is 2. The minimum absolute atomic E-state index is 0.378. The van der Waals surface area contributed by atoms with Gasteiger partial charge in [-0.15, -0.1) is 0 Å². The second kappa shape index (κ2) is 4.15. The van der Waals surface area contributed by atoms with Crippen LogP contribution in [0.1, 0.15) is 24.1 Å². The van der Waals surface area contributed by atoms with Crippen LogP contribution < -0.4 is 0 Å². The molecule has 2 aromatic rings. The third kappa shape index (κ3) is 1.45. The van der Waals surface area contributed by atoms with Crippen LogP contribution in [0.4, 0.5) is 0 Å². The Bertz CT molecular complexity index is 654. The van der Waals surface area contributed by atoms with E-state index in [-0.39, 0.29) is 6.10 Å². The van der Waals surface area contributed by atoms with E-state index in [1.807, 2.05) is 33.7 Å². The third-order valence-corrected chi connectivity index (χ3v) is 4.39. The molecule has 2 aliphatic heterocycles. The number of nitrogens with zero attached hydrogens (tertiary/aromatic N) is 3. The molecule has 20 heavy (non-hydrogen) atoms. The van der Waals surface area contributed by atoms with Crippen LogP contribution in [0.15, 0.2) is 36.8 Å². The van der Waals surface area contributed by atoms with Crippen LogP contribution in [0.25, 0.3) is 5.69 Å². The zero-order valence-electron chi connectivity index (χ0n) is 11.1. The molecule has 104 valence electrons. The molecule has 3 heterocycles. The van der Waals surface area contributed by atoms with Gasteiger partial charge in [0.25, 0.3) is 0 Å². The lowest BCUT2D eigenvalue weighted by Crippen LogP contribution is -2.51. The first-order chi connectivity index (χ1) is 9.71. The van der Waals surface area contributed by atoms with Gasteiger partial charge in [-0.3, -0.25) is 9.47 Å². The summed E-state index contributed by atoms with van der Waals surface area (Å²) in [6.07, 6.45) is 4.75. The summed E-state index contributed by atoms with van der Waals surface area (Å²) in [5, 5.41) is 21.3. The number of β-amino-alcohol motifs (C(OH)–C–C–N with tert-alkyl or cyclic N) is 1. The van der Waals surface area contributed by atoms with Gasteiger partial charge < -0.3 is 10.2 Å². The monoisotopic (exact) mass is 271 g/mol. The van der Waals surface area contributed by atoms with Crippen LogP contribution >= 0.6 is 0 Å². The van der Waals surface area contributed by atoms with Gasteiger partial charge in [0.2, 0.25) is 0 Å². The first-order valence-electron chi connectivity index (χ1n) is 6.99. The predicted octanol–water partition coefficient (Wildman–Crippen LogP) is 0.836. The molecule has 1 aromatic carbocycles. The highest BCUT2D eigenvalue weighted by molar-refractivity contribution is 5.54. The van der Waals surface area contributed by atoms with Crippen molar-refractivity contribution in [3.05, 3.63) is 48.0 Å². The van der Waals surface area contributed by atoms with Gasteiger partial charge in [-0.2, -0.15) is 0 Å². The molecule has 1 aromatic heterocycles. The summed E-state index contributed by atoms with van der Waals surface area (Å²) >= 11 is 0. The van der Waals surface area contributed by atoms with E-state index in [0.29, 0.717) is 6.54 Å². The van der Waals surface area contributed by atoms with E-state index >= 15 is 0 Å². The van der Waals surface area contributed by atoms with Gasteiger partial charge in [-0.1, -0.05) is 18.2 Å². The van der Waals surface area contributed by atoms with Crippen molar-refractivity contribution in [3.8, 4) is 5.69 Å². The van der Waals surface area contributed by atoms with Crippen LogP contribution in [-0.2, 0) is 5.72 Å². The Balaban J connectivity index is 1.88. The Labute approximate surface area is 117 Å². The molecule has 2 N–H and O–H groups in total. The van der Waals surface area contributed by atoms with E-state index in [1.54, 1.807) is 12.5 Å². The Kier molecular flexibility index (Phi) is 2.51. The van der Waals surface area contributed by atoms with Gasteiger partial charge >= 0.3 is 0 Å². The summed E-state index contributed by atoms with van der Waals surface area (Å²) < 4.78 is 1.93. The fourth-order valence-corrected chi connectivity index (χ4v) is 3.44. The zero-order valence-corrected chi connectivity index (χ0v) is 11.1. The lowest BCUT2D eigenvalue weighted by Gasteiger charge is -2.40. The molecular formula is C15H17N3O2. The van der Waals surface area contributed by atoms with E-state index < -0.39 is 5.72 Å². The van der Waals surface area contributed by atoms with E-state index in [0.717, 1.165) is 36.3 Å². The van der Waals surface area contributed by atoms with Gasteiger partial charge in [0.15, 0.2) is 5.72 Å². The molecule has 5 heteroatoms. The average molecular weight is 271 g/mol. The molecule has 1 saturated heterocycles. The molecule has 0 aliphatic carbocycles. The van der Waals surface area contributed by atoms with Crippen LogP contribution in [0.5, 0.6) is 0 Å². The fourth-order valence-electron chi connectivity index (χ4n) is 3.44. The van der Waals surface area contributed by atoms with Gasteiger partial charge in [-0.05, 0) is 18.9 Å². The first kappa shape index (κ1) is 12.1. The second-order valence-corrected chi connectivity index (χ2v) is 5.58. The van der Waals surface area contributed by atoms with Gasteiger partial charge in [0.1, 0.15) is 0 Å². The number of likely N-dealkylation sites (tertiary alicyclic amines) is 1. The Morgan fingerprint density at radius 1 is 1.30 bits per heavy atom. The minimum Gasteiger partial charge on any atom is -0.392 e. The topological polar surface area (TPSA) is 61.5 Å². The molecule has 5 nitrogen and oxygen atoms in total. The highest BCUT2D eigenvalue weighted by atomic mass is 16.3. The molecule has 4 rings (SSSR count). The maximum absolute atomic E-state index is 11.4. The maximum Gasteiger partial charge on any atom is 0.190 e. The van der Waals surface area contributed by atoms with Crippen molar-refractivity contribution in [2.24, 2.45) is 0 Å². The van der Waals surface area contributed by atoms with Gasteiger partial charge in [-0.25, -0.2) is 4.98 Å². The number of benzene rings is 1. The number of piperidine rings is 1. The van der Waals surface area contributed by atoms with E-state index in [4.69, 9.17) is 0 Å². The molecule has 2 aliphatic rings. The summed E-state index contributed by atoms with van der Waals surface area (Å²) in [6.45, 7) is 1.25. The Morgan fingerprint density at radius 3 is 3.00 bits per heavy atom. The number of imidazole rings is 1. The van der Waals surface area contributed by atoms with E-state index in [1.165, 1.54) is 0 Å². The molecule has 0 saturated carbocycles. The largest absolute Gasteiger partial charge is 0.392 e. The molecule has 1 fully saturated rings.